The Labute approximate surface area is 126 Å². The second-order valence-corrected chi connectivity index (χ2v) is 4.41. The Morgan fingerprint density at radius 2 is 2.05 bits per heavy atom. The van der Waals surface area contributed by atoms with Gasteiger partial charge in [-0.25, -0.2) is 18.6 Å². The van der Waals surface area contributed by atoms with Gasteiger partial charge in [0.05, 0.1) is 12.9 Å². The van der Waals surface area contributed by atoms with Crippen LogP contribution in [-0.2, 0) is 6.54 Å². The van der Waals surface area contributed by atoms with Crippen molar-refractivity contribution in [1.82, 2.24) is 20.2 Å². The zero-order chi connectivity index (χ0) is 15.8. The molecular formula is C14H16F2N4O2. The third kappa shape index (κ3) is 5.04. The molecule has 1 heterocycles. The first-order valence-electron chi connectivity index (χ1n) is 6.70. The summed E-state index contributed by atoms with van der Waals surface area (Å²) in [4.78, 5) is 15.4. The van der Waals surface area contributed by atoms with Crippen LogP contribution in [0.3, 0.4) is 0 Å². The lowest BCUT2D eigenvalue weighted by atomic mass is 10.3. The number of benzene rings is 1. The summed E-state index contributed by atoms with van der Waals surface area (Å²) in [5.41, 5.74) is 0. The molecule has 6 nitrogen and oxygen atoms in total. The van der Waals surface area contributed by atoms with Gasteiger partial charge in [0.1, 0.15) is 12.4 Å². The number of hydrogen-bond acceptors (Lipinski definition) is 3. The normalized spacial score (nSPS) is 10.3. The highest BCUT2D eigenvalue weighted by Gasteiger charge is 2.03. The average Bonchev–Trinajstić information content (AvgIpc) is 3.00. The Hall–Kier alpha value is -2.64. The van der Waals surface area contributed by atoms with Gasteiger partial charge in [-0.15, -0.1) is 0 Å². The molecular weight excluding hydrogens is 294 g/mol. The van der Waals surface area contributed by atoms with E-state index in [1.54, 1.807) is 18.7 Å². The van der Waals surface area contributed by atoms with Crippen LogP contribution in [0.5, 0.6) is 5.75 Å². The van der Waals surface area contributed by atoms with E-state index in [2.05, 4.69) is 15.6 Å². The first kappa shape index (κ1) is 15.7. The van der Waals surface area contributed by atoms with Crippen LogP contribution in [0.1, 0.15) is 0 Å². The molecule has 1 aromatic heterocycles. The second-order valence-electron chi connectivity index (χ2n) is 4.41. The maximum atomic E-state index is 12.9. The van der Waals surface area contributed by atoms with Crippen LogP contribution in [0.4, 0.5) is 13.6 Å². The Balaban J connectivity index is 1.57. The van der Waals surface area contributed by atoms with Crippen LogP contribution >= 0.6 is 0 Å². The van der Waals surface area contributed by atoms with Crippen molar-refractivity contribution >= 4 is 6.03 Å². The number of aromatic nitrogens is 2. The van der Waals surface area contributed by atoms with Crippen LogP contribution in [0.25, 0.3) is 0 Å². The highest BCUT2D eigenvalue weighted by Crippen LogP contribution is 2.14. The van der Waals surface area contributed by atoms with Crippen LogP contribution in [-0.4, -0.2) is 35.3 Å². The number of amides is 2. The zero-order valence-corrected chi connectivity index (χ0v) is 11.8. The number of ether oxygens (including phenoxy) is 1. The van der Waals surface area contributed by atoms with E-state index in [0.717, 1.165) is 12.1 Å². The zero-order valence-electron chi connectivity index (χ0n) is 11.8. The Morgan fingerprint density at radius 3 is 2.77 bits per heavy atom. The number of nitrogens with zero attached hydrogens (tertiary/aromatic N) is 2. The number of urea groups is 1. The fourth-order valence-electron chi connectivity index (χ4n) is 1.68. The Morgan fingerprint density at radius 1 is 1.23 bits per heavy atom. The standard InChI is InChI=1S/C14H16F2N4O2/c15-12-2-1-11(9-13(12)16)22-8-5-19-14(21)18-4-7-20-6-3-17-10-20/h1-3,6,9-10H,4-5,7-8H2,(H2,18,19,21). The minimum absolute atomic E-state index is 0.153. The quantitative estimate of drug-likeness (QED) is 0.762. The van der Waals surface area contributed by atoms with Gasteiger partial charge in [0.25, 0.3) is 0 Å². The van der Waals surface area contributed by atoms with Crippen molar-refractivity contribution in [1.29, 1.82) is 0 Å². The number of carbonyl (C=O) groups is 1. The summed E-state index contributed by atoms with van der Waals surface area (Å²) < 4.78 is 32.7. The summed E-state index contributed by atoms with van der Waals surface area (Å²) in [5, 5.41) is 5.26. The van der Waals surface area contributed by atoms with Crippen molar-refractivity contribution in [3.05, 3.63) is 48.6 Å². The molecule has 0 unspecified atom stereocenters. The summed E-state index contributed by atoms with van der Waals surface area (Å²) in [6.07, 6.45) is 5.13. The minimum atomic E-state index is -0.970. The van der Waals surface area contributed by atoms with Gasteiger partial charge in [-0.05, 0) is 12.1 Å². The minimum Gasteiger partial charge on any atom is -0.492 e. The lowest BCUT2D eigenvalue weighted by Crippen LogP contribution is -2.39. The largest absolute Gasteiger partial charge is 0.492 e. The SMILES string of the molecule is O=C(NCCOc1ccc(F)c(F)c1)NCCn1ccnc1. The molecule has 2 aromatic rings. The fraction of sp³-hybridized carbons (Fsp3) is 0.286. The van der Waals surface area contributed by atoms with Gasteiger partial charge in [0.15, 0.2) is 11.6 Å². The first-order valence-corrected chi connectivity index (χ1v) is 6.70. The van der Waals surface area contributed by atoms with E-state index in [1.807, 2.05) is 4.57 Å². The highest BCUT2D eigenvalue weighted by atomic mass is 19.2. The average molecular weight is 310 g/mol. The molecule has 118 valence electrons. The number of nitrogens with one attached hydrogen (secondary N) is 2. The number of hydrogen-bond donors (Lipinski definition) is 2. The first-order chi connectivity index (χ1) is 10.6. The molecule has 0 spiro atoms. The lowest BCUT2D eigenvalue weighted by molar-refractivity contribution is 0.236. The van der Waals surface area contributed by atoms with E-state index >= 15 is 0 Å². The lowest BCUT2D eigenvalue weighted by Gasteiger charge is -2.09. The third-order valence-electron chi connectivity index (χ3n) is 2.76. The molecule has 2 N–H and O–H groups in total. The van der Waals surface area contributed by atoms with Gasteiger partial charge in [-0.2, -0.15) is 0 Å². The summed E-state index contributed by atoms with van der Waals surface area (Å²) >= 11 is 0. The van der Waals surface area contributed by atoms with E-state index in [4.69, 9.17) is 4.74 Å². The van der Waals surface area contributed by atoms with Crippen molar-refractivity contribution in [2.45, 2.75) is 6.54 Å². The van der Waals surface area contributed by atoms with Crippen LogP contribution in [0, 0.1) is 11.6 Å². The van der Waals surface area contributed by atoms with E-state index in [0.29, 0.717) is 13.1 Å². The smallest absolute Gasteiger partial charge is 0.314 e. The van der Waals surface area contributed by atoms with Crippen molar-refractivity contribution in [3.8, 4) is 5.75 Å². The van der Waals surface area contributed by atoms with Gasteiger partial charge in [-0.3, -0.25) is 0 Å². The number of halogens is 2. The van der Waals surface area contributed by atoms with E-state index in [9.17, 15) is 13.6 Å². The van der Waals surface area contributed by atoms with Gasteiger partial charge < -0.3 is 19.9 Å². The molecule has 2 amide bonds. The van der Waals surface area contributed by atoms with Crippen LogP contribution in [0.2, 0.25) is 0 Å². The molecule has 2 rings (SSSR count). The van der Waals surface area contributed by atoms with Crippen LogP contribution in [0.15, 0.2) is 36.9 Å². The van der Waals surface area contributed by atoms with E-state index in [1.165, 1.54) is 6.07 Å². The summed E-state index contributed by atoms with van der Waals surface area (Å²) in [7, 11) is 0. The predicted octanol–water partition coefficient (Wildman–Crippen LogP) is 1.54. The third-order valence-corrected chi connectivity index (χ3v) is 2.76. The molecule has 0 saturated heterocycles. The maximum absolute atomic E-state index is 12.9. The molecule has 0 radical (unpaired) electrons. The predicted molar refractivity (Wildman–Crippen MR) is 75.5 cm³/mol. The molecule has 8 heteroatoms. The second kappa shape index (κ2) is 7.96. The van der Waals surface area contributed by atoms with Gasteiger partial charge in [0.2, 0.25) is 0 Å². The Kier molecular flexibility index (Phi) is 5.70. The maximum Gasteiger partial charge on any atom is 0.314 e. The van der Waals surface area contributed by atoms with Gasteiger partial charge in [0, 0.05) is 31.5 Å². The topological polar surface area (TPSA) is 68.2 Å². The molecule has 0 fully saturated rings. The molecule has 22 heavy (non-hydrogen) atoms. The number of imidazole rings is 1. The van der Waals surface area contributed by atoms with Crippen molar-refractivity contribution in [2.75, 3.05) is 19.7 Å². The molecule has 0 aliphatic carbocycles. The molecule has 0 aliphatic heterocycles. The van der Waals surface area contributed by atoms with Crippen molar-refractivity contribution in [2.24, 2.45) is 0 Å². The molecule has 1 aromatic carbocycles. The van der Waals surface area contributed by atoms with E-state index < -0.39 is 11.6 Å². The summed E-state index contributed by atoms with van der Waals surface area (Å²) in [6.45, 7) is 1.49. The monoisotopic (exact) mass is 310 g/mol. The number of rotatable bonds is 7. The summed E-state index contributed by atoms with van der Waals surface area (Å²) in [6, 6.07) is 2.94. The van der Waals surface area contributed by atoms with Crippen molar-refractivity contribution in [3.63, 3.8) is 0 Å². The van der Waals surface area contributed by atoms with Gasteiger partial charge in [-0.1, -0.05) is 0 Å². The van der Waals surface area contributed by atoms with Crippen LogP contribution < -0.4 is 15.4 Å². The van der Waals surface area contributed by atoms with E-state index in [-0.39, 0.29) is 24.9 Å². The molecule has 0 aliphatic rings. The molecule has 0 saturated carbocycles. The van der Waals surface area contributed by atoms with Gasteiger partial charge >= 0.3 is 6.03 Å². The summed E-state index contributed by atoms with van der Waals surface area (Å²) in [5.74, 6) is -1.69. The number of carbonyl (C=O) groups excluding carboxylic acids is 1. The highest BCUT2D eigenvalue weighted by molar-refractivity contribution is 5.73. The fourth-order valence-corrected chi connectivity index (χ4v) is 1.68. The Bertz CT molecular complexity index is 605. The molecule has 0 atom stereocenters. The van der Waals surface area contributed by atoms with Crippen molar-refractivity contribution < 1.29 is 18.3 Å². The molecule has 0 bridgehead atoms.